The molecule has 0 saturated carbocycles. The van der Waals surface area contributed by atoms with Gasteiger partial charge in [-0.3, -0.25) is 4.68 Å². The van der Waals surface area contributed by atoms with Crippen LogP contribution in [0.5, 0.6) is 0 Å². The van der Waals surface area contributed by atoms with Crippen molar-refractivity contribution in [3.05, 3.63) is 17.5 Å². The van der Waals surface area contributed by atoms with Gasteiger partial charge < -0.3 is 9.84 Å². The summed E-state index contributed by atoms with van der Waals surface area (Å²) in [6, 6.07) is 0. The van der Waals surface area contributed by atoms with Crippen molar-refractivity contribution in [2.24, 2.45) is 13.0 Å². The van der Waals surface area contributed by atoms with Gasteiger partial charge in [0, 0.05) is 26.5 Å². The van der Waals surface area contributed by atoms with Crippen LogP contribution >= 0.6 is 0 Å². The molecular formula is C11H16N2O3. The van der Waals surface area contributed by atoms with Gasteiger partial charge in [0.25, 0.3) is 0 Å². The Kier molecular flexibility index (Phi) is 3.24. The van der Waals surface area contributed by atoms with Crippen LogP contribution in [0.2, 0.25) is 0 Å². The van der Waals surface area contributed by atoms with E-state index in [1.165, 1.54) is 0 Å². The molecule has 0 unspecified atom stereocenters. The summed E-state index contributed by atoms with van der Waals surface area (Å²) in [6.07, 6.45) is 4.30. The predicted molar refractivity (Wildman–Crippen MR) is 57.4 cm³/mol. The Balaban J connectivity index is 2.10. The van der Waals surface area contributed by atoms with Crippen molar-refractivity contribution in [3.63, 3.8) is 0 Å². The van der Waals surface area contributed by atoms with E-state index >= 15 is 0 Å². The minimum atomic E-state index is -0.893. The van der Waals surface area contributed by atoms with Crippen LogP contribution in [0.4, 0.5) is 0 Å². The summed E-state index contributed by atoms with van der Waals surface area (Å²) in [7, 11) is 1.75. The fourth-order valence-corrected chi connectivity index (χ4v) is 2.09. The minimum absolute atomic E-state index is 0.328. The number of hydrogen-bond acceptors (Lipinski definition) is 3. The standard InChI is InChI=1S/C11H16N2O3/c1-13-7-9(11(14)15)10(12-13)6-8-2-4-16-5-3-8/h7-8H,2-6H2,1H3,(H,14,15). The zero-order valence-electron chi connectivity index (χ0n) is 9.35. The quantitative estimate of drug-likeness (QED) is 0.834. The molecule has 1 fully saturated rings. The van der Waals surface area contributed by atoms with Gasteiger partial charge in [-0.15, -0.1) is 0 Å². The molecule has 16 heavy (non-hydrogen) atoms. The Bertz CT molecular complexity index is 381. The molecule has 0 atom stereocenters. The summed E-state index contributed by atoms with van der Waals surface area (Å²) in [5, 5.41) is 13.3. The van der Waals surface area contributed by atoms with Crippen molar-refractivity contribution in [3.8, 4) is 0 Å². The highest BCUT2D eigenvalue weighted by molar-refractivity contribution is 5.88. The second-order valence-corrected chi connectivity index (χ2v) is 4.23. The summed E-state index contributed by atoms with van der Waals surface area (Å²) < 4.78 is 6.85. The summed E-state index contributed by atoms with van der Waals surface area (Å²) in [4.78, 5) is 11.0. The van der Waals surface area contributed by atoms with E-state index in [0.29, 0.717) is 17.2 Å². The van der Waals surface area contributed by atoms with Gasteiger partial charge in [0.05, 0.1) is 5.69 Å². The molecule has 0 bridgehead atoms. The lowest BCUT2D eigenvalue weighted by Gasteiger charge is -2.21. The number of carbonyl (C=O) groups is 1. The lowest BCUT2D eigenvalue weighted by Crippen LogP contribution is -2.18. The highest BCUT2D eigenvalue weighted by Crippen LogP contribution is 2.21. The third-order valence-electron chi connectivity index (χ3n) is 2.96. The Morgan fingerprint density at radius 3 is 2.94 bits per heavy atom. The van der Waals surface area contributed by atoms with Crippen molar-refractivity contribution < 1.29 is 14.6 Å². The number of rotatable bonds is 3. The van der Waals surface area contributed by atoms with Crippen LogP contribution in [-0.4, -0.2) is 34.1 Å². The van der Waals surface area contributed by atoms with Crippen molar-refractivity contribution in [2.45, 2.75) is 19.3 Å². The van der Waals surface area contributed by atoms with E-state index in [1.807, 2.05) is 0 Å². The van der Waals surface area contributed by atoms with Crippen LogP contribution in [0.1, 0.15) is 28.9 Å². The van der Waals surface area contributed by atoms with Gasteiger partial charge in [-0.2, -0.15) is 5.10 Å². The van der Waals surface area contributed by atoms with E-state index in [4.69, 9.17) is 9.84 Å². The number of hydrogen-bond donors (Lipinski definition) is 1. The average Bonchev–Trinajstić information content (AvgIpc) is 2.61. The number of carboxylic acid groups (broad SMARTS) is 1. The van der Waals surface area contributed by atoms with E-state index < -0.39 is 5.97 Å². The molecule has 0 spiro atoms. The maximum absolute atomic E-state index is 11.0. The molecule has 1 aromatic heterocycles. The maximum atomic E-state index is 11.0. The second-order valence-electron chi connectivity index (χ2n) is 4.23. The lowest BCUT2D eigenvalue weighted by molar-refractivity contribution is 0.0654. The lowest BCUT2D eigenvalue weighted by atomic mass is 9.94. The first-order valence-corrected chi connectivity index (χ1v) is 5.50. The van der Waals surface area contributed by atoms with Crippen LogP contribution in [0.25, 0.3) is 0 Å². The maximum Gasteiger partial charge on any atom is 0.339 e. The molecule has 0 radical (unpaired) electrons. The molecule has 88 valence electrons. The van der Waals surface area contributed by atoms with Crippen molar-refractivity contribution in [1.29, 1.82) is 0 Å². The molecule has 0 aliphatic carbocycles. The molecule has 1 saturated heterocycles. The van der Waals surface area contributed by atoms with Crippen molar-refractivity contribution >= 4 is 5.97 Å². The smallest absolute Gasteiger partial charge is 0.339 e. The Labute approximate surface area is 94.0 Å². The van der Waals surface area contributed by atoms with Crippen molar-refractivity contribution in [1.82, 2.24) is 9.78 Å². The summed E-state index contributed by atoms with van der Waals surface area (Å²) in [5.74, 6) is -0.392. The van der Waals surface area contributed by atoms with E-state index in [9.17, 15) is 4.79 Å². The third-order valence-corrected chi connectivity index (χ3v) is 2.96. The average molecular weight is 224 g/mol. The molecule has 1 aliphatic heterocycles. The first-order valence-electron chi connectivity index (χ1n) is 5.50. The van der Waals surface area contributed by atoms with E-state index in [0.717, 1.165) is 32.5 Å². The molecule has 1 aliphatic rings. The first-order chi connectivity index (χ1) is 7.66. The molecule has 1 aromatic rings. The van der Waals surface area contributed by atoms with E-state index in [-0.39, 0.29) is 0 Å². The van der Waals surface area contributed by atoms with Gasteiger partial charge in [0.1, 0.15) is 5.56 Å². The highest BCUT2D eigenvalue weighted by atomic mass is 16.5. The number of nitrogens with zero attached hydrogens (tertiary/aromatic N) is 2. The summed E-state index contributed by atoms with van der Waals surface area (Å²) in [5.41, 5.74) is 1.02. The topological polar surface area (TPSA) is 64.4 Å². The van der Waals surface area contributed by atoms with Gasteiger partial charge in [-0.1, -0.05) is 0 Å². The minimum Gasteiger partial charge on any atom is -0.478 e. The number of aromatic nitrogens is 2. The molecule has 5 nitrogen and oxygen atoms in total. The molecule has 5 heteroatoms. The van der Waals surface area contributed by atoms with Crippen LogP contribution < -0.4 is 0 Å². The fraction of sp³-hybridized carbons (Fsp3) is 0.636. The van der Waals surface area contributed by atoms with E-state index in [2.05, 4.69) is 5.10 Å². The number of aryl methyl sites for hydroxylation is 1. The van der Waals surface area contributed by atoms with Gasteiger partial charge in [-0.05, 0) is 25.2 Å². The number of carboxylic acids is 1. The molecular weight excluding hydrogens is 208 g/mol. The van der Waals surface area contributed by atoms with Gasteiger partial charge in [0.2, 0.25) is 0 Å². The Hall–Kier alpha value is -1.36. The normalized spacial score (nSPS) is 17.6. The molecule has 2 rings (SSSR count). The zero-order valence-corrected chi connectivity index (χ0v) is 9.35. The number of ether oxygens (including phenoxy) is 1. The monoisotopic (exact) mass is 224 g/mol. The zero-order chi connectivity index (χ0) is 11.5. The Morgan fingerprint density at radius 1 is 1.62 bits per heavy atom. The second kappa shape index (κ2) is 4.65. The molecule has 2 heterocycles. The molecule has 0 amide bonds. The highest BCUT2D eigenvalue weighted by Gasteiger charge is 2.20. The fourth-order valence-electron chi connectivity index (χ4n) is 2.09. The Morgan fingerprint density at radius 2 is 2.31 bits per heavy atom. The van der Waals surface area contributed by atoms with Crippen molar-refractivity contribution in [2.75, 3.05) is 13.2 Å². The summed E-state index contributed by atoms with van der Waals surface area (Å²) >= 11 is 0. The van der Waals surface area contributed by atoms with Crippen LogP contribution in [0, 0.1) is 5.92 Å². The van der Waals surface area contributed by atoms with Crippen LogP contribution in [0.3, 0.4) is 0 Å². The van der Waals surface area contributed by atoms with Gasteiger partial charge >= 0.3 is 5.97 Å². The molecule has 0 aromatic carbocycles. The van der Waals surface area contributed by atoms with Gasteiger partial charge in [-0.25, -0.2) is 4.79 Å². The van der Waals surface area contributed by atoms with E-state index in [1.54, 1.807) is 17.9 Å². The summed E-state index contributed by atoms with van der Waals surface area (Å²) in [6.45, 7) is 1.56. The predicted octanol–water partition coefficient (Wildman–Crippen LogP) is 1.09. The largest absolute Gasteiger partial charge is 0.478 e. The first kappa shape index (κ1) is 11.1. The SMILES string of the molecule is Cn1cc(C(=O)O)c(CC2CCOCC2)n1. The third kappa shape index (κ3) is 2.41. The van der Waals surface area contributed by atoms with Gasteiger partial charge in [0.15, 0.2) is 0 Å². The molecule has 1 N–H and O–H groups in total. The van der Waals surface area contributed by atoms with Crippen LogP contribution in [-0.2, 0) is 18.2 Å². The number of aromatic carboxylic acids is 1. The van der Waals surface area contributed by atoms with Crippen LogP contribution in [0.15, 0.2) is 6.20 Å².